The number of aromatic amines is 1. The molecule has 0 bridgehead atoms. The molecular weight excluding hydrogens is 273 g/mol. The predicted molar refractivity (Wildman–Crippen MR) is 64.9 cm³/mol. The first kappa shape index (κ1) is 11.1. The van der Waals surface area contributed by atoms with Crippen LogP contribution in [0.5, 0.6) is 0 Å². The topological polar surface area (TPSA) is 32.9 Å². The molecule has 1 aromatic heterocycles. The third-order valence-corrected chi connectivity index (χ3v) is 2.82. The second-order valence-corrected chi connectivity index (χ2v) is 4.44. The SMILES string of the molecule is Cc1cc(-c2cc(Br)ccc2F)c[nH]c1=O. The van der Waals surface area contributed by atoms with E-state index in [9.17, 15) is 9.18 Å². The lowest BCUT2D eigenvalue weighted by atomic mass is 10.1. The Morgan fingerprint density at radius 3 is 2.75 bits per heavy atom. The Labute approximate surface area is 100 Å². The third kappa shape index (κ3) is 2.07. The molecule has 0 aliphatic rings. The maximum Gasteiger partial charge on any atom is 0.250 e. The molecule has 16 heavy (non-hydrogen) atoms. The summed E-state index contributed by atoms with van der Waals surface area (Å²) in [6.45, 7) is 1.69. The highest BCUT2D eigenvalue weighted by Gasteiger charge is 2.06. The summed E-state index contributed by atoms with van der Waals surface area (Å²) in [7, 11) is 0. The number of aryl methyl sites for hydroxylation is 1. The molecule has 0 saturated carbocycles. The third-order valence-electron chi connectivity index (χ3n) is 2.33. The second-order valence-electron chi connectivity index (χ2n) is 3.52. The van der Waals surface area contributed by atoms with E-state index in [0.29, 0.717) is 16.7 Å². The summed E-state index contributed by atoms with van der Waals surface area (Å²) in [4.78, 5) is 13.8. The van der Waals surface area contributed by atoms with Gasteiger partial charge in [-0.3, -0.25) is 4.79 Å². The number of halogens is 2. The number of hydrogen-bond acceptors (Lipinski definition) is 1. The molecule has 0 saturated heterocycles. The largest absolute Gasteiger partial charge is 0.328 e. The fourth-order valence-corrected chi connectivity index (χ4v) is 1.83. The van der Waals surface area contributed by atoms with Crippen LogP contribution in [0.15, 0.2) is 39.7 Å². The van der Waals surface area contributed by atoms with Gasteiger partial charge in [0.25, 0.3) is 5.56 Å². The van der Waals surface area contributed by atoms with Gasteiger partial charge in [0.1, 0.15) is 5.82 Å². The van der Waals surface area contributed by atoms with Crippen LogP contribution < -0.4 is 5.56 Å². The van der Waals surface area contributed by atoms with Crippen molar-refractivity contribution in [1.29, 1.82) is 0 Å². The van der Waals surface area contributed by atoms with Crippen LogP contribution in [0.25, 0.3) is 11.1 Å². The molecular formula is C12H9BrFNO. The molecule has 2 nitrogen and oxygen atoms in total. The molecule has 2 aromatic rings. The molecule has 1 aromatic carbocycles. The van der Waals surface area contributed by atoms with Crippen LogP contribution in [-0.4, -0.2) is 4.98 Å². The summed E-state index contributed by atoms with van der Waals surface area (Å²) in [6, 6.07) is 6.38. The zero-order valence-corrected chi connectivity index (χ0v) is 10.1. The van der Waals surface area contributed by atoms with Gasteiger partial charge in [-0.05, 0) is 31.2 Å². The number of nitrogens with one attached hydrogen (secondary N) is 1. The van der Waals surface area contributed by atoms with E-state index < -0.39 is 0 Å². The number of rotatable bonds is 1. The van der Waals surface area contributed by atoms with E-state index in [1.165, 1.54) is 12.3 Å². The molecule has 0 aliphatic carbocycles. The van der Waals surface area contributed by atoms with Crippen LogP contribution >= 0.6 is 15.9 Å². The number of benzene rings is 1. The van der Waals surface area contributed by atoms with Gasteiger partial charge in [0.05, 0.1) is 0 Å². The normalized spacial score (nSPS) is 10.4. The van der Waals surface area contributed by atoms with Gasteiger partial charge in [-0.25, -0.2) is 4.39 Å². The molecule has 0 fully saturated rings. The lowest BCUT2D eigenvalue weighted by Gasteiger charge is -2.04. The smallest absolute Gasteiger partial charge is 0.250 e. The zero-order valence-electron chi connectivity index (χ0n) is 8.55. The minimum atomic E-state index is -0.311. The van der Waals surface area contributed by atoms with Crippen LogP contribution in [-0.2, 0) is 0 Å². The molecule has 0 spiro atoms. The first-order chi connectivity index (χ1) is 7.58. The molecule has 0 amide bonds. The maximum absolute atomic E-state index is 13.6. The number of H-pyrrole nitrogens is 1. The van der Waals surface area contributed by atoms with Crippen molar-refractivity contribution in [3.8, 4) is 11.1 Å². The molecule has 0 atom stereocenters. The van der Waals surface area contributed by atoms with Crippen LogP contribution in [0.4, 0.5) is 4.39 Å². The van der Waals surface area contributed by atoms with Gasteiger partial charge in [-0.1, -0.05) is 15.9 Å². The van der Waals surface area contributed by atoms with Crippen molar-refractivity contribution in [3.05, 3.63) is 56.7 Å². The van der Waals surface area contributed by atoms with Gasteiger partial charge < -0.3 is 4.98 Å². The van der Waals surface area contributed by atoms with E-state index in [0.717, 1.165) is 4.47 Å². The van der Waals surface area contributed by atoms with Gasteiger partial charge in [-0.2, -0.15) is 0 Å². The highest BCUT2D eigenvalue weighted by molar-refractivity contribution is 9.10. The summed E-state index contributed by atoms with van der Waals surface area (Å²) >= 11 is 3.29. The van der Waals surface area contributed by atoms with Crippen molar-refractivity contribution in [2.45, 2.75) is 6.92 Å². The van der Waals surface area contributed by atoms with Crippen molar-refractivity contribution in [2.75, 3.05) is 0 Å². The Hall–Kier alpha value is -1.42. The van der Waals surface area contributed by atoms with Crippen LogP contribution in [0.2, 0.25) is 0 Å². The molecule has 0 unspecified atom stereocenters. The van der Waals surface area contributed by atoms with Crippen molar-refractivity contribution >= 4 is 15.9 Å². The molecule has 0 aliphatic heterocycles. The Balaban J connectivity index is 2.62. The number of hydrogen-bond donors (Lipinski definition) is 1. The lowest BCUT2D eigenvalue weighted by Crippen LogP contribution is -2.08. The van der Waals surface area contributed by atoms with Gasteiger partial charge in [-0.15, -0.1) is 0 Å². The summed E-state index contributed by atoms with van der Waals surface area (Å²) < 4.78 is 14.4. The maximum atomic E-state index is 13.6. The fraction of sp³-hybridized carbons (Fsp3) is 0.0833. The lowest BCUT2D eigenvalue weighted by molar-refractivity contribution is 0.631. The Morgan fingerprint density at radius 1 is 1.31 bits per heavy atom. The van der Waals surface area contributed by atoms with Crippen molar-refractivity contribution in [2.24, 2.45) is 0 Å². The van der Waals surface area contributed by atoms with Gasteiger partial charge in [0, 0.05) is 27.4 Å². The highest BCUT2D eigenvalue weighted by atomic mass is 79.9. The summed E-state index contributed by atoms with van der Waals surface area (Å²) in [5.41, 5.74) is 1.54. The highest BCUT2D eigenvalue weighted by Crippen LogP contribution is 2.25. The van der Waals surface area contributed by atoms with Crippen molar-refractivity contribution in [3.63, 3.8) is 0 Å². The average molecular weight is 282 g/mol. The van der Waals surface area contributed by atoms with Crippen LogP contribution in [0.1, 0.15) is 5.56 Å². The van der Waals surface area contributed by atoms with Gasteiger partial charge in [0.2, 0.25) is 0 Å². The fourth-order valence-electron chi connectivity index (χ4n) is 1.47. The second kappa shape index (κ2) is 4.22. The van der Waals surface area contributed by atoms with Crippen LogP contribution in [0, 0.1) is 12.7 Å². The predicted octanol–water partition coefficient (Wildman–Crippen LogP) is 3.25. The average Bonchev–Trinajstić information content (AvgIpc) is 2.26. The Bertz CT molecular complexity index is 592. The van der Waals surface area contributed by atoms with E-state index in [1.54, 1.807) is 25.1 Å². The minimum Gasteiger partial charge on any atom is -0.328 e. The van der Waals surface area contributed by atoms with Crippen molar-refractivity contribution in [1.82, 2.24) is 4.98 Å². The molecule has 1 N–H and O–H groups in total. The van der Waals surface area contributed by atoms with E-state index >= 15 is 0 Å². The first-order valence-electron chi connectivity index (χ1n) is 4.72. The monoisotopic (exact) mass is 281 g/mol. The Morgan fingerprint density at radius 2 is 2.06 bits per heavy atom. The zero-order chi connectivity index (χ0) is 11.7. The van der Waals surface area contributed by atoms with Gasteiger partial charge in [0.15, 0.2) is 0 Å². The molecule has 82 valence electrons. The summed E-state index contributed by atoms with van der Waals surface area (Å²) in [5, 5.41) is 0. The molecule has 4 heteroatoms. The van der Waals surface area contributed by atoms with Crippen molar-refractivity contribution < 1.29 is 4.39 Å². The van der Waals surface area contributed by atoms with E-state index in [1.807, 2.05) is 0 Å². The van der Waals surface area contributed by atoms with E-state index in [2.05, 4.69) is 20.9 Å². The number of aromatic nitrogens is 1. The summed E-state index contributed by atoms with van der Waals surface area (Å²) in [6.07, 6.45) is 1.51. The molecule has 1 heterocycles. The van der Waals surface area contributed by atoms with E-state index in [-0.39, 0.29) is 11.4 Å². The molecule has 2 rings (SSSR count). The van der Waals surface area contributed by atoms with E-state index in [4.69, 9.17) is 0 Å². The van der Waals surface area contributed by atoms with Crippen LogP contribution in [0.3, 0.4) is 0 Å². The minimum absolute atomic E-state index is 0.154. The quantitative estimate of drug-likeness (QED) is 0.855. The summed E-state index contributed by atoms with van der Waals surface area (Å²) in [5.74, 6) is -0.311. The number of pyridine rings is 1. The first-order valence-corrected chi connectivity index (χ1v) is 5.52. The van der Waals surface area contributed by atoms with Gasteiger partial charge >= 0.3 is 0 Å². The molecule has 0 radical (unpaired) electrons. The Kier molecular flexibility index (Phi) is 2.92. The standard InChI is InChI=1S/C12H9BrFNO/c1-7-4-8(6-15-12(7)16)10-5-9(13)2-3-11(10)14/h2-6H,1H3,(H,15,16).